The number of pyridine rings is 1. The van der Waals surface area contributed by atoms with Gasteiger partial charge in [-0.2, -0.15) is 0 Å². The number of nitrogens with one attached hydrogen (secondary N) is 1. The second-order valence-electron chi connectivity index (χ2n) is 9.21. The molecule has 0 unspecified atom stereocenters. The molecule has 0 fully saturated rings. The number of hydrogen-bond acceptors (Lipinski definition) is 9. The van der Waals surface area contributed by atoms with Crippen LogP contribution in [0.5, 0.6) is 0 Å². The maximum atomic E-state index is 13.7. The summed E-state index contributed by atoms with van der Waals surface area (Å²) in [6.07, 6.45) is 3.66. The maximum Gasteiger partial charge on any atom is 0.412 e. The smallest absolute Gasteiger partial charge is 0.412 e. The average Bonchev–Trinajstić information content (AvgIpc) is 3.35. The Kier molecular flexibility index (Phi) is 7.46. The van der Waals surface area contributed by atoms with Gasteiger partial charge in [-0.1, -0.05) is 48.0 Å². The van der Waals surface area contributed by atoms with E-state index in [1.54, 1.807) is 24.3 Å². The molecule has 0 saturated carbocycles. The first kappa shape index (κ1) is 28.4. The number of aryl methyl sites for hydroxylation is 1. The Bertz CT molecular complexity index is 2090. The van der Waals surface area contributed by atoms with Crippen molar-refractivity contribution in [2.24, 2.45) is 0 Å². The Labute approximate surface area is 241 Å². The standard InChI is InChI=1S/C28H22N6O6S2/c1-18-9-11-21(12-10-18)42(38,39)34-16-23(25-24(29-2)15-31-27(33-25)41(3,36)37)22-13-20(14-30-26(22)34)32-28(35)40-17-19-7-5-4-6-8-19/h4-16H,17H2,1,3H3,(H,32,35). The number of fused-ring (bicyclic) bond motifs is 1. The van der Waals surface area contributed by atoms with Gasteiger partial charge in [0.15, 0.2) is 5.65 Å². The number of ether oxygens (including phenoxy) is 1. The lowest BCUT2D eigenvalue weighted by Gasteiger charge is -2.09. The fraction of sp³-hybridized carbons (Fsp3) is 0.107. The minimum Gasteiger partial charge on any atom is -0.444 e. The third-order valence-electron chi connectivity index (χ3n) is 6.10. The Balaban J connectivity index is 1.64. The van der Waals surface area contributed by atoms with Gasteiger partial charge in [-0.15, -0.1) is 0 Å². The summed E-state index contributed by atoms with van der Waals surface area (Å²) < 4.78 is 58.1. The number of hydrogen-bond donors (Lipinski definition) is 1. The van der Waals surface area contributed by atoms with Crippen LogP contribution in [0, 0.1) is 13.5 Å². The minimum atomic E-state index is -4.20. The van der Waals surface area contributed by atoms with Crippen molar-refractivity contribution in [3.63, 3.8) is 0 Å². The lowest BCUT2D eigenvalue weighted by Crippen LogP contribution is -2.14. The second-order valence-corrected chi connectivity index (χ2v) is 12.9. The van der Waals surface area contributed by atoms with Crippen molar-refractivity contribution < 1.29 is 26.4 Å². The van der Waals surface area contributed by atoms with Crippen LogP contribution in [0.4, 0.5) is 16.2 Å². The van der Waals surface area contributed by atoms with Gasteiger partial charge in [0.1, 0.15) is 6.61 Å². The highest BCUT2D eigenvalue weighted by Gasteiger charge is 2.26. The topological polar surface area (TPSA) is 155 Å². The van der Waals surface area contributed by atoms with Crippen molar-refractivity contribution in [3.8, 4) is 11.3 Å². The molecular formula is C28H22N6O6S2. The zero-order valence-electron chi connectivity index (χ0n) is 22.2. The first-order valence-electron chi connectivity index (χ1n) is 12.2. The van der Waals surface area contributed by atoms with E-state index in [2.05, 4.69) is 25.1 Å². The van der Waals surface area contributed by atoms with Crippen LogP contribution in [0.2, 0.25) is 0 Å². The molecule has 0 aliphatic rings. The number of anilines is 1. The van der Waals surface area contributed by atoms with Crippen LogP contribution in [0.1, 0.15) is 11.1 Å². The van der Waals surface area contributed by atoms with Crippen molar-refractivity contribution in [1.82, 2.24) is 18.9 Å². The molecule has 0 aliphatic carbocycles. The summed E-state index contributed by atoms with van der Waals surface area (Å²) in [6, 6.07) is 16.7. The zero-order chi connectivity index (χ0) is 30.1. The number of amides is 1. The summed E-state index contributed by atoms with van der Waals surface area (Å²) in [6.45, 7) is 9.42. The maximum absolute atomic E-state index is 13.7. The highest BCUT2D eigenvalue weighted by molar-refractivity contribution is 7.90. The quantitative estimate of drug-likeness (QED) is 0.205. The van der Waals surface area contributed by atoms with E-state index in [0.717, 1.165) is 27.6 Å². The molecule has 1 amide bonds. The lowest BCUT2D eigenvalue weighted by atomic mass is 10.1. The van der Waals surface area contributed by atoms with Gasteiger partial charge in [0.2, 0.25) is 20.7 Å². The SMILES string of the molecule is [C-]#[N+]c1cnc(S(C)(=O)=O)nc1-c1cn(S(=O)(=O)c2ccc(C)cc2)c2ncc(NC(=O)OCc3ccccc3)cc12. The van der Waals surface area contributed by atoms with Gasteiger partial charge in [0.05, 0.1) is 29.0 Å². The van der Waals surface area contributed by atoms with Crippen LogP contribution in [0.3, 0.4) is 0 Å². The molecule has 5 rings (SSSR count). The summed E-state index contributed by atoms with van der Waals surface area (Å²) in [4.78, 5) is 28.1. The number of rotatable bonds is 7. The highest BCUT2D eigenvalue weighted by Crippen LogP contribution is 2.37. The summed E-state index contributed by atoms with van der Waals surface area (Å²) in [5.41, 5.74) is 1.62. The fourth-order valence-electron chi connectivity index (χ4n) is 4.04. The fourth-order valence-corrected chi connectivity index (χ4v) is 5.86. The molecule has 5 aromatic rings. The van der Waals surface area contributed by atoms with Crippen molar-refractivity contribution in [1.29, 1.82) is 0 Å². The number of aromatic nitrogens is 4. The first-order chi connectivity index (χ1) is 20.0. The Morgan fingerprint density at radius 2 is 1.74 bits per heavy atom. The molecular weight excluding hydrogens is 580 g/mol. The van der Waals surface area contributed by atoms with E-state index >= 15 is 0 Å². The van der Waals surface area contributed by atoms with Crippen molar-refractivity contribution in [2.45, 2.75) is 23.6 Å². The molecule has 0 bridgehead atoms. The molecule has 3 aromatic heterocycles. The van der Waals surface area contributed by atoms with E-state index in [9.17, 15) is 21.6 Å². The largest absolute Gasteiger partial charge is 0.444 e. The Morgan fingerprint density at radius 3 is 2.40 bits per heavy atom. The van der Waals surface area contributed by atoms with Gasteiger partial charge in [0.25, 0.3) is 10.0 Å². The number of nitrogens with zero attached hydrogens (tertiary/aromatic N) is 5. The van der Waals surface area contributed by atoms with E-state index < -0.39 is 31.1 Å². The van der Waals surface area contributed by atoms with Gasteiger partial charge < -0.3 is 4.74 Å². The number of sulfone groups is 1. The molecule has 42 heavy (non-hydrogen) atoms. The molecule has 0 aliphatic heterocycles. The predicted molar refractivity (Wildman–Crippen MR) is 154 cm³/mol. The zero-order valence-corrected chi connectivity index (χ0v) is 23.8. The van der Waals surface area contributed by atoms with Crippen molar-refractivity contribution >= 4 is 48.4 Å². The molecule has 2 aromatic carbocycles. The van der Waals surface area contributed by atoms with Crippen LogP contribution in [-0.2, 0) is 31.2 Å². The van der Waals surface area contributed by atoms with Crippen LogP contribution in [0.25, 0.3) is 27.1 Å². The molecule has 14 heteroatoms. The monoisotopic (exact) mass is 602 g/mol. The molecule has 0 atom stereocenters. The Hall–Kier alpha value is -5.13. The van der Waals surface area contributed by atoms with Crippen LogP contribution in [0.15, 0.2) is 89.3 Å². The summed E-state index contributed by atoms with van der Waals surface area (Å²) in [5.74, 6) is 0. The van der Waals surface area contributed by atoms with E-state index in [1.807, 2.05) is 25.1 Å². The summed E-state index contributed by atoms with van der Waals surface area (Å²) in [5, 5.41) is 2.19. The van der Waals surface area contributed by atoms with Crippen LogP contribution < -0.4 is 5.32 Å². The molecule has 12 nitrogen and oxygen atoms in total. The molecule has 0 spiro atoms. The highest BCUT2D eigenvalue weighted by atomic mass is 32.2. The van der Waals surface area contributed by atoms with E-state index in [4.69, 9.17) is 11.3 Å². The second kappa shape index (κ2) is 11.0. The van der Waals surface area contributed by atoms with Crippen LogP contribution >= 0.6 is 0 Å². The molecule has 212 valence electrons. The van der Waals surface area contributed by atoms with Gasteiger partial charge in [-0.05, 0) is 30.7 Å². The predicted octanol–water partition coefficient (Wildman–Crippen LogP) is 4.74. The molecule has 0 saturated heterocycles. The first-order valence-corrected chi connectivity index (χ1v) is 15.6. The minimum absolute atomic E-state index is 0.0162. The van der Waals surface area contributed by atoms with Crippen molar-refractivity contribution in [3.05, 3.63) is 102 Å². The number of carbonyl (C=O) groups excluding carboxylic acids is 1. The summed E-state index contributed by atoms with van der Waals surface area (Å²) >= 11 is 0. The van der Waals surface area contributed by atoms with Gasteiger partial charge in [0, 0.05) is 29.6 Å². The van der Waals surface area contributed by atoms with Crippen molar-refractivity contribution in [2.75, 3.05) is 11.6 Å². The van der Waals surface area contributed by atoms with Crippen LogP contribution in [-0.4, -0.2) is 48.1 Å². The van der Waals surface area contributed by atoms with Gasteiger partial charge >= 0.3 is 6.09 Å². The van der Waals surface area contributed by atoms with E-state index in [0.29, 0.717) is 0 Å². The third-order valence-corrected chi connectivity index (χ3v) is 8.63. The summed E-state index contributed by atoms with van der Waals surface area (Å²) in [7, 11) is -8.07. The molecule has 3 heterocycles. The molecule has 0 radical (unpaired) electrons. The normalized spacial score (nSPS) is 11.6. The van der Waals surface area contributed by atoms with E-state index in [-0.39, 0.29) is 45.2 Å². The third kappa shape index (κ3) is 5.69. The average molecular weight is 603 g/mol. The number of carbonyl (C=O) groups is 1. The Morgan fingerprint density at radius 1 is 1.02 bits per heavy atom. The molecule has 1 N–H and O–H groups in total. The van der Waals surface area contributed by atoms with Gasteiger partial charge in [-0.25, -0.2) is 45.4 Å². The lowest BCUT2D eigenvalue weighted by molar-refractivity contribution is 0.155. The van der Waals surface area contributed by atoms with Gasteiger partial charge in [-0.3, -0.25) is 5.32 Å². The van der Waals surface area contributed by atoms with E-state index in [1.165, 1.54) is 30.6 Å². The number of benzene rings is 2.